The summed E-state index contributed by atoms with van der Waals surface area (Å²) in [6.07, 6.45) is 3.32. The van der Waals surface area contributed by atoms with E-state index in [1.54, 1.807) is 29.1 Å². The molecule has 7 nitrogen and oxygen atoms in total. The number of nitrogens with zero attached hydrogens (tertiary/aromatic N) is 4. The fourth-order valence-corrected chi connectivity index (χ4v) is 2.48. The summed E-state index contributed by atoms with van der Waals surface area (Å²) in [7, 11) is 4.03. The molecule has 0 unspecified atom stereocenters. The van der Waals surface area contributed by atoms with Crippen LogP contribution in [0.4, 0.5) is 5.69 Å². The second kappa shape index (κ2) is 7.92. The van der Waals surface area contributed by atoms with Crippen LogP contribution in [-0.2, 0) is 4.79 Å². The van der Waals surface area contributed by atoms with E-state index in [1.165, 1.54) is 0 Å². The van der Waals surface area contributed by atoms with Gasteiger partial charge in [-0.3, -0.25) is 14.6 Å². The van der Waals surface area contributed by atoms with Crippen molar-refractivity contribution in [2.45, 2.75) is 6.92 Å². The summed E-state index contributed by atoms with van der Waals surface area (Å²) in [6.45, 7) is 5.58. The smallest absolute Gasteiger partial charge is 0.255 e. The van der Waals surface area contributed by atoms with Crippen LogP contribution in [0.5, 0.6) is 0 Å². The van der Waals surface area contributed by atoms with Gasteiger partial charge in [0.05, 0.1) is 11.3 Å². The van der Waals surface area contributed by atoms with Gasteiger partial charge in [0.15, 0.2) is 0 Å². The van der Waals surface area contributed by atoms with Crippen LogP contribution in [-0.4, -0.2) is 84.9 Å². The van der Waals surface area contributed by atoms with E-state index in [9.17, 15) is 9.59 Å². The molecule has 1 fully saturated rings. The molecular weight excluding hydrogens is 294 g/mol. The van der Waals surface area contributed by atoms with Gasteiger partial charge in [0.2, 0.25) is 5.91 Å². The topological polar surface area (TPSA) is 68.8 Å². The average molecular weight is 319 g/mol. The van der Waals surface area contributed by atoms with Crippen molar-refractivity contribution in [2.75, 3.05) is 58.7 Å². The lowest BCUT2D eigenvalue weighted by Gasteiger charge is -2.34. The highest BCUT2D eigenvalue weighted by Gasteiger charge is 2.23. The second-order valence-corrected chi connectivity index (χ2v) is 5.99. The molecule has 1 aromatic heterocycles. The van der Waals surface area contributed by atoms with E-state index in [0.29, 0.717) is 31.7 Å². The zero-order valence-electron chi connectivity index (χ0n) is 14.1. The average Bonchev–Trinajstić information content (AvgIpc) is 2.54. The molecule has 1 N–H and O–H groups in total. The van der Waals surface area contributed by atoms with Gasteiger partial charge in [-0.15, -0.1) is 0 Å². The van der Waals surface area contributed by atoms with Gasteiger partial charge >= 0.3 is 0 Å². The highest BCUT2D eigenvalue weighted by Crippen LogP contribution is 2.12. The molecule has 0 radical (unpaired) electrons. The third-order valence-corrected chi connectivity index (χ3v) is 3.89. The molecule has 0 atom stereocenters. The van der Waals surface area contributed by atoms with E-state index in [2.05, 4.69) is 15.2 Å². The minimum atomic E-state index is -0.0306. The third-order valence-electron chi connectivity index (χ3n) is 3.89. The third kappa shape index (κ3) is 4.92. The van der Waals surface area contributed by atoms with Crippen molar-refractivity contribution in [1.82, 2.24) is 19.7 Å². The summed E-state index contributed by atoms with van der Waals surface area (Å²) < 4.78 is 0. The molecule has 23 heavy (non-hydrogen) atoms. The number of aromatic nitrogens is 1. The van der Waals surface area contributed by atoms with E-state index < -0.39 is 0 Å². The number of pyridine rings is 1. The van der Waals surface area contributed by atoms with E-state index in [-0.39, 0.29) is 11.8 Å². The Hall–Kier alpha value is -2.15. The predicted octanol–water partition coefficient (Wildman–Crippen LogP) is 0.359. The summed E-state index contributed by atoms with van der Waals surface area (Å²) in [4.78, 5) is 33.7. The molecule has 0 bridgehead atoms. The van der Waals surface area contributed by atoms with Crippen LogP contribution in [0, 0.1) is 0 Å². The first kappa shape index (κ1) is 17.2. The standard InChI is InChI=1S/C16H25N5O2/c1-13(22)20-6-8-21(9-7-20)16(23)14-10-15(12-17-11-14)18-4-5-19(2)3/h10-12,18H,4-9H2,1-3H3. The zero-order chi connectivity index (χ0) is 16.8. The second-order valence-electron chi connectivity index (χ2n) is 5.99. The number of hydrogen-bond acceptors (Lipinski definition) is 5. The summed E-state index contributed by atoms with van der Waals surface area (Å²) in [5, 5.41) is 3.27. The number of hydrogen-bond donors (Lipinski definition) is 1. The van der Waals surface area contributed by atoms with Crippen LogP contribution in [0.25, 0.3) is 0 Å². The van der Waals surface area contributed by atoms with Crippen molar-refractivity contribution in [1.29, 1.82) is 0 Å². The van der Waals surface area contributed by atoms with E-state index in [4.69, 9.17) is 0 Å². The van der Waals surface area contributed by atoms with Gasteiger partial charge in [0.25, 0.3) is 5.91 Å². The number of amides is 2. The Bertz CT molecular complexity index is 553. The first-order chi connectivity index (χ1) is 11.0. The quantitative estimate of drug-likeness (QED) is 0.849. The molecule has 7 heteroatoms. The first-order valence-electron chi connectivity index (χ1n) is 7.86. The van der Waals surface area contributed by atoms with Gasteiger partial charge in [0, 0.05) is 58.6 Å². The van der Waals surface area contributed by atoms with Crippen molar-refractivity contribution >= 4 is 17.5 Å². The van der Waals surface area contributed by atoms with Crippen LogP contribution in [0.2, 0.25) is 0 Å². The van der Waals surface area contributed by atoms with Gasteiger partial charge in [0.1, 0.15) is 0 Å². The fourth-order valence-electron chi connectivity index (χ4n) is 2.48. The van der Waals surface area contributed by atoms with Crippen molar-refractivity contribution in [3.63, 3.8) is 0 Å². The fraction of sp³-hybridized carbons (Fsp3) is 0.562. The van der Waals surface area contributed by atoms with Crippen molar-refractivity contribution in [3.8, 4) is 0 Å². The van der Waals surface area contributed by atoms with Crippen molar-refractivity contribution < 1.29 is 9.59 Å². The SMILES string of the molecule is CC(=O)N1CCN(C(=O)c2cncc(NCCN(C)C)c2)CC1. The predicted molar refractivity (Wildman–Crippen MR) is 89.4 cm³/mol. The van der Waals surface area contributed by atoms with E-state index in [0.717, 1.165) is 18.8 Å². The highest BCUT2D eigenvalue weighted by molar-refractivity contribution is 5.95. The molecule has 2 heterocycles. The maximum atomic E-state index is 12.6. The van der Waals surface area contributed by atoms with E-state index >= 15 is 0 Å². The van der Waals surface area contributed by atoms with Gasteiger partial charge in [-0.25, -0.2) is 0 Å². The van der Waals surface area contributed by atoms with Gasteiger partial charge in [-0.05, 0) is 20.2 Å². The van der Waals surface area contributed by atoms with Crippen LogP contribution in [0.1, 0.15) is 17.3 Å². The number of anilines is 1. The molecule has 1 aromatic rings. The molecule has 1 saturated heterocycles. The Labute approximate surface area is 137 Å². The Morgan fingerprint density at radius 3 is 2.43 bits per heavy atom. The van der Waals surface area contributed by atoms with Crippen LogP contribution in [0.3, 0.4) is 0 Å². The summed E-state index contributed by atoms with van der Waals surface area (Å²) in [5.41, 5.74) is 1.43. The van der Waals surface area contributed by atoms with Crippen molar-refractivity contribution in [2.24, 2.45) is 0 Å². The van der Waals surface area contributed by atoms with Crippen LogP contribution >= 0.6 is 0 Å². The lowest BCUT2D eigenvalue weighted by atomic mass is 10.2. The molecule has 0 aromatic carbocycles. The monoisotopic (exact) mass is 319 g/mol. The minimum absolute atomic E-state index is 0.0306. The zero-order valence-corrected chi connectivity index (χ0v) is 14.1. The number of rotatable bonds is 5. The number of nitrogens with one attached hydrogen (secondary N) is 1. The minimum Gasteiger partial charge on any atom is -0.382 e. The molecule has 0 aliphatic carbocycles. The van der Waals surface area contributed by atoms with Gasteiger partial charge in [-0.2, -0.15) is 0 Å². The Morgan fingerprint density at radius 2 is 1.83 bits per heavy atom. The normalized spacial score (nSPS) is 15.0. The van der Waals surface area contributed by atoms with Gasteiger partial charge < -0.3 is 20.0 Å². The summed E-state index contributed by atoms with van der Waals surface area (Å²) in [6, 6.07) is 1.84. The molecule has 126 valence electrons. The molecule has 0 spiro atoms. The Balaban J connectivity index is 1.93. The number of carbonyl (C=O) groups is 2. The van der Waals surface area contributed by atoms with Crippen LogP contribution < -0.4 is 5.32 Å². The Kier molecular flexibility index (Phi) is 5.92. The number of likely N-dealkylation sites (N-methyl/N-ethyl adjacent to an activating group) is 1. The molecule has 2 rings (SSSR count). The van der Waals surface area contributed by atoms with Crippen molar-refractivity contribution in [3.05, 3.63) is 24.0 Å². The maximum Gasteiger partial charge on any atom is 0.255 e. The number of piperazine rings is 1. The Morgan fingerprint density at radius 1 is 1.17 bits per heavy atom. The highest BCUT2D eigenvalue weighted by atomic mass is 16.2. The lowest BCUT2D eigenvalue weighted by Crippen LogP contribution is -2.50. The van der Waals surface area contributed by atoms with E-state index in [1.807, 2.05) is 20.2 Å². The first-order valence-corrected chi connectivity index (χ1v) is 7.86. The van der Waals surface area contributed by atoms with Gasteiger partial charge in [-0.1, -0.05) is 0 Å². The van der Waals surface area contributed by atoms with Crippen LogP contribution in [0.15, 0.2) is 18.5 Å². The molecule has 1 aliphatic heterocycles. The summed E-state index contributed by atoms with van der Waals surface area (Å²) in [5.74, 6) is 0.0304. The number of carbonyl (C=O) groups excluding carboxylic acids is 2. The largest absolute Gasteiger partial charge is 0.382 e. The molecule has 1 aliphatic rings. The molecular formula is C16H25N5O2. The molecule has 0 saturated carbocycles. The summed E-state index contributed by atoms with van der Waals surface area (Å²) >= 11 is 0. The molecule has 2 amide bonds. The maximum absolute atomic E-state index is 12.6. The lowest BCUT2D eigenvalue weighted by molar-refractivity contribution is -0.130.